The first-order valence-corrected chi connectivity index (χ1v) is 8.90. The summed E-state index contributed by atoms with van der Waals surface area (Å²) >= 11 is 0. The van der Waals surface area contributed by atoms with Gasteiger partial charge in [0.15, 0.2) is 0 Å². The topological polar surface area (TPSA) is 75.4 Å². The van der Waals surface area contributed by atoms with Crippen molar-refractivity contribution in [3.63, 3.8) is 0 Å². The largest absolute Gasteiger partial charge is 0.369 e. The van der Waals surface area contributed by atoms with Gasteiger partial charge in [-0.05, 0) is 36.6 Å². The van der Waals surface area contributed by atoms with E-state index >= 15 is 0 Å². The molecule has 0 spiro atoms. The van der Waals surface area contributed by atoms with E-state index in [4.69, 9.17) is 5.73 Å². The zero-order valence-electron chi connectivity index (χ0n) is 14.6. The Morgan fingerprint density at radius 3 is 2.42 bits per heavy atom. The van der Waals surface area contributed by atoms with Crippen LogP contribution in [0.3, 0.4) is 0 Å². The molecule has 1 aromatic carbocycles. The number of amides is 2. The Morgan fingerprint density at radius 2 is 1.83 bits per heavy atom. The number of carbonyl (C=O) groups excluding carboxylic acids is 2. The van der Waals surface area contributed by atoms with Crippen LogP contribution in [-0.2, 0) is 11.3 Å². The van der Waals surface area contributed by atoms with Gasteiger partial charge in [0.2, 0.25) is 5.91 Å². The molecule has 3 N–H and O–H groups in total. The molecule has 0 saturated heterocycles. The third kappa shape index (κ3) is 5.96. The highest BCUT2D eigenvalue weighted by atomic mass is 16.2. The van der Waals surface area contributed by atoms with E-state index in [2.05, 4.69) is 10.2 Å². The zero-order valence-corrected chi connectivity index (χ0v) is 14.6. The molecule has 5 heteroatoms. The Morgan fingerprint density at radius 1 is 1.17 bits per heavy atom. The van der Waals surface area contributed by atoms with Crippen LogP contribution in [0, 0.1) is 5.92 Å². The molecule has 2 amide bonds. The second-order valence-electron chi connectivity index (χ2n) is 6.75. The highest BCUT2D eigenvalue weighted by molar-refractivity contribution is 5.93. The molecule has 2 rings (SSSR count). The van der Waals surface area contributed by atoms with E-state index < -0.39 is 0 Å². The van der Waals surface area contributed by atoms with Gasteiger partial charge in [0.25, 0.3) is 5.91 Å². The van der Waals surface area contributed by atoms with Crippen LogP contribution in [0.4, 0.5) is 0 Å². The third-order valence-corrected chi connectivity index (χ3v) is 4.81. The molecule has 0 heterocycles. The molecule has 0 radical (unpaired) electrons. The van der Waals surface area contributed by atoms with E-state index in [-0.39, 0.29) is 18.4 Å². The van der Waals surface area contributed by atoms with E-state index in [1.165, 1.54) is 32.1 Å². The minimum absolute atomic E-state index is 0.0900. The first-order chi connectivity index (χ1) is 11.6. The van der Waals surface area contributed by atoms with Crippen LogP contribution in [-0.4, -0.2) is 36.9 Å². The minimum atomic E-state index is -0.291. The first kappa shape index (κ1) is 18.5. The number of nitrogens with two attached hydrogens (primary N) is 1. The van der Waals surface area contributed by atoms with Gasteiger partial charge in [0, 0.05) is 19.2 Å². The van der Waals surface area contributed by atoms with Crippen LogP contribution in [0.2, 0.25) is 0 Å². The molecular weight excluding hydrogens is 302 g/mol. The monoisotopic (exact) mass is 331 g/mol. The molecule has 0 atom stereocenters. The number of nitrogens with one attached hydrogen (secondary N) is 1. The van der Waals surface area contributed by atoms with Gasteiger partial charge >= 0.3 is 0 Å². The summed E-state index contributed by atoms with van der Waals surface area (Å²) in [4.78, 5) is 25.1. The standard InChI is InChI=1S/C19H29N3O2/c1-21-19(24)17-9-7-16(8-10-17)13-22(14-18(20)23)12-11-15-5-3-2-4-6-15/h7-10,15H,2-6,11-14H2,1H3,(H2,20,23)(H,21,24). The predicted octanol–water partition coefficient (Wildman–Crippen LogP) is 2.30. The maximum absolute atomic E-state index is 11.6. The van der Waals surface area contributed by atoms with Crippen LogP contribution in [0.25, 0.3) is 0 Å². The van der Waals surface area contributed by atoms with Crippen molar-refractivity contribution >= 4 is 11.8 Å². The van der Waals surface area contributed by atoms with Gasteiger partial charge in [-0.25, -0.2) is 0 Å². The van der Waals surface area contributed by atoms with Crippen molar-refractivity contribution < 1.29 is 9.59 Å². The van der Waals surface area contributed by atoms with Gasteiger partial charge in [-0.15, -0.1) is 0 Å². The summed E-state index contributed by atoms with van der Waals surface area (Å²) in [6, 6.07) is 7.52. The second kappa shape index (κ2) is 9.42. The Hall–Kier alpha value is -1.88. The summed E-state index contributed by atoms with van der Waals surface area (Å²) in [6.07, 6.45) is 7.78. The van der Waals surface area contributed by atoms with E-state index in [1.807, 2.05) is 24.3 Å². The van der Waals surface area contributed by atoms with Gasteiger partial charge in [-0.2, -0.15) is 0 Å². The highest BCUT2D eigenvalue weighted by Crippen LogP contribution is 2.26. The molecule has 132 valence electrons. The Bertz CT molecular complexity index is 536. The smallest absolute Gasteiger partial charge is 0.251 e. The van der Waals surface area contributed by atoms with Gasteiger partial charge in [0.05, 0.1) is 6.54 Å². The van der Waals surface area contributed by atoms with Crippen LogP contribution < -0.4 is 11.1 Å². The minimum Gasteiger partial charge on any atom is -0.369 e. The summed E-state index contributed by atoms with van der Waals surface area (Å²) in [5.41, 5.74) is 7.14. The van der Waals surface area contributed by atoms with Crippen LogP contribution >= 0.6 is 0 Å². The maximum atomic E-state index is 11.6. The van der Waals surface area contributed by atoms with Gasteiger partial charge < -0.3 is 11.1 Å². The molecule has 1 fully saturated rings. The van der Waals surface area contributed by atoms with E-state index in [1.54, 1.807) is 7.05 Å². The molecule has 1 saturated carbocycles. The van der Waals surface area contributed by atoms with Crippen LogP contribution in [0.15, 0.2) is 24.3 Å². The maximum Gasteiger partial charge on any atom is 0.251 e. The van der Waals surface area contributed by atoms with E-state index in [0.29, 0.717) is 12.1 Å². The second-order valence-corrected chi connectivity index (χ2v) is 6.75. The Balaban J connectivity index is 1.91. The summed E-state index contributed by atoms with van der Waals surface area (Å²) in [5, 5.41) is 2.61. The molecule has 0 aromatic heterocycles. The average Bonchev–Trinajstić information content (AvgIpc) is 2.60. The number of carbonyl (C=O) groups is 2. The van der Waals surface area contributed by atoms with Crippen LogP contribution in [0.5, 0.6) is 0 Å². The third-order valence-electron chi connectivity index (χ3n) is 4.81. The van der Waals surface area contributed by atoms with Crippen molar-refractivity contribution in [1.29, 1.82) is 0 Å². The summed E-state index contributed by atoms with van der Waals surface area (Å²) in [5.74, 6) is 0.401. The summed E-state index contributed by atoms with van der Waals surface area (Å²) < 4.78 is 0. The fourth-order valence-corrected chi connectivity index (χ4v) is 3.44. The Kier molecular flexibility index (Phi) is 7.25. The first-order valence-electron chi connectivity index (χ1n) is 8.90. The molecule has 0 aliphatic heterocycles. The fourth-order valence-electron chi connectivity index (χ4n) is 3.44. The lowest BCUT2D eigenvalue weighted by Crippen LogP contribution is -2.35. The predicted molar refractivity (Wildman–Crippen MR) is 95.5 cm³/mol. The molecule has 1 aliphatic rings. The van der Waals surface area contributed by atoms with E-state index in [9.17, 15) is 9.59 Å². The Labute approximate surface area is 144 Å². The van der Waals surface area contributed by atoms with Gasteiger partial charge in [-0.1, -0.05) is 44.2 Å². The molecule has 5 nitrogen and oxygen atoms in total. The molecule has 1 aromatic rings. The number of rotatable bonds is 8. The fraction of sp³-hybridized carbons (Fsp3) is 0.579. The molecule has 1 aliphatic carbocycles. The number of hydrogen-bond acceptors (Lipinski definition) is 3. The molecule has 0 bridgehead atoms. The van der Waals surface area contributed by atoms with Crippen molar-refractivity contribution in [2.45, 2.75) is 45.1 Å². The molecule has 0 unspecified atom stereocenters. The van der Waals surface area contributed by atoms with Crippen molar-refractivity contribution in [3.05, 3.63) is 35.4 Å². The van der Waals surface area contributed by atoms with Crippen molar-refractivity contribution in [1.82, 2.24) is 10.2 Å². The lowest BCUT2D eigenvalue weighted by molar-refractivity contribution is -0.119. The number of nitrogens with zero attached hydrogens (tertiary/aromatic N) is 1. The summed E-state index contributed by atoms with van der Waals surface area (Å²) in [6.45, 7) is 1.86. The number of primary amides is 1. The van der Waals surface area contributed by atoms with Gasteiger partial charge in [-0.3, -0.25) is 14.5 Å². The number of hydrogen-bond donors (Lipinski definition) is 2. The van der Waals surface area contributed by atoms with Crippen LogP contribution in [0.1, 0.15) is 54.4 Å². The molecular formula is C19H29N3O2. The normalized spacial score (nSPS) is 15.4. The van der Waals surface area contributed by atoms with E-state index in [0.717, 1.165) is 24.4 Å². The highest BCUT2D eigenvalue weighted by Gasteiger charge is 2.16. The quantitative estimate of drug-likeness (QED) is 0.767. The summed E-state index contributed by atoms with van der Waals surface area (Å²) in [7, 11) is 1.62. The SMILES string of the molecule is CNC(=O)c1ccc(CN(CCC2CCCCC2)CC(N)=O)cc1. The zero-order chi connectivity index (χ0) is 17.4. The van der Waals surface area contributed by atoms with Crippen molar-refractivity contribution in [2.75, 3.05) is 20.1 Å². The average molecular weight is 331 g/mol. The van der Waals surface area contributed by atoms with Crippen molar-refractivity contribution in [3.8, 4) is 0 Å². The lowest BCUT2D eigenvalue weighted by atomic mass is 9.87. The number of benzene rings is 1. The lowest BCUT2D eigenvalue weighted by Gasteiger charge is -2.26. The van der Waals surface area contributed by atoms with Crippen molar-refractivity contribution in [2.24, 2.45) is 11.7 Å². The molecule has 24 heavy (non-hydrogen) atoms. The van der Waals surface area contributed by atoms with Gasteiger partial charge in [0.1, 0.15) is 0 Å².